The molecule has 1 saturated heterocycles. The summed E-state index contributed by atoms with van der Waals surface area (Å²) < 4.78 is 5.13. The number of hydrogen-bond donors (Lipinski definition) is 2. The third-order valence-corrected chi connectivity index (χ3v) is 5.05. The fourth-order valence-electron chi connectivity index (χ4n) is 3.43. The number of methoxy groups -OCH3 is 1. The van der Waals surface area contributed by atoms with E-state index in [0.717, 1.165) is 23.4 Å². The number of carbonyl (C=O) groups is 1. The molecule has 1 aliphatic heterocycles. The minimum absolute atomic E-state index is 0.0901. The molecule has 1 fully saturated rings. The lowest BCUT2D eigenvalue weighted by molar-refractivity contribution is -0.918. The van der Waals surface area contributed by atoms with Gasteiger partial charge in [0.1, 0.15) is 12.3 Å². The van der Waals surface area contributed by atoms with Crippen molar-refractivity contribution in [2.75, 3.05) is 20.2 Å². The van der Waals surface area contributed by atoms with Crippen LogP contribution in [0.4, 0.5) is 0 Å². The number of rotatable bonds is 7. The highest BCUT2D eigenvalue weighted by Gasteiger charge is 2.13. The van der Waals surface area contributed by atoms with Gasteiger partial charge < -0.3 is 15.0 Å². The van der Waals surface area contributed by atoms with E-state index in [2.05, 4.69) is 29.6 Å². The second-order valence-corrected chi connectivity index (χ2v) is 7.13. The normalized spacial score (nSPS) is 15.0. The molecule has 0 bridgehead atoms. The lowest BCUT2D eigenvalue weighted by Crippen LogP contribution is -3.11. The fourth-order valence-corrected chi connectivity index (χ4v) is 3.43. The van der Waals surface area contributed by atoms with Gasteiger partial charge in [-0.25, -0.2) is 0 Å². The number of benzene rings is 2. The summed E-state index contributed by atoms with van der Waals surface area (Å²) in [7, 11) is 1.64. The minimum atomic E-state index is -0.0901. The first-order valence-corrected chi connectivity index (χ1v) is 9.74. The van der Waals surface area contributed by atoms with Crippen molar-refractivity contribution in [1.29, 1.82) is 0 Å². The fraction of sp³-hybridized carbons (Fsp3) is 0.348. The summed E-state index contributed by atoms with van der Waals surface area (Å²) in [5.74, 6) is 0.717. The lowest BCUT2D eigenvalue weighted by Gasteiger charge is -2.23. The summed E-state index contributed by atoms with van der Waals surface area (Å²) in [5, 5.41) is 2.94. The van der Waals surface area contributed by atoms with Crippen LogP contribution in [0.25, 0.3) is 6.08 Å². The molecule has 0 saturated carbocycles. The zero-order valence-electron chi connectivity index (χ0n) is 16.0. The molecule has 4 nitrogen and oxygen atoms in total. The van der Waals surface area contributed by atoms with E-state index < -0.39 is 0 Å². The van der Waals surface area contributed by atoms with E-state index in [9.17, 15) is 4.79 Å². The third kappa shape index (κ3) is 6.26. The summed E-state index contributed by atoms with van der Waals surface area (Å²) in [5.41, 5.74) is 3.47. The second kappa shape index (κ2) is 9.93. The number of amides is 1. The Balaban J connectivity index is 1.44. The van der Waals surface area contributed by atoms with Crippen LogP contribution in [0.3, 0.4) is 0 Å². The Morgan fingerprint density at radius 3 is 2.33 bits per heavy atom. The minimum Gasteiger partial charge on any atom is -0.497 e. The van der Waals surface area contributed by atoms with Crippen molar-refractivity contribution >= 4 is 12.0 Å². The number of hydrogen-bond acceptors (Lipinski definition) is 2. The lowest BCUT2D eigenvalue weighted by atomic mass is 10.1. The van der Waals surface area contributed by atoms with E-state index in [1.807, 2.05) is 24.3 Å². The third-order valence-electron chi connectivity index (χ3n) is 5.05. The van der Waals surface area contributed by atoms with Crippen molar-refractivity contribution in [3.63, 3.8) is 0 Å². The number of ether oxygens (including phenoxy) is 1. The molecule has 142 valence electrons. The van der Waals surface area contributed by atoms with E-state index in [1.54, 1.807) is 24.2 Å². The van der Waals surface area contributed by atoms with Gasteiger partial charge in [0.25, 0.3) is 0 Å². The van der Waals surface area contributed by atoms with Gasteiger partial charge in [0.15, 0.2) is 0 Å². The van der Waals surface area contributed by atoms with Gasteiger partial charge in [0, 0.05) is 18.2 Å². The van der Waals surface area contributed by atoms with E-state index >= 15 is 0 Å². The Labute approximate surface area is 161 Å². The molecule has 0 atom stereocenters. The van der Waals surface area contributed by atoms with Gasteiger partial charge in [-0.3, -0.25) is 4.79 Å². The molecule has 0 radical (unpaired) electrons. The van der Waals surface area contributed by atoms with Crippen LogP contribution in [0.2, 0.25) is 0 Å². The summed E-state index contributed by atoms with van der Waals surface area (Å²) in [6.45, 7) is 4.23. The highest BCUT2D eigenvalue weighted by molar-refractivity contribution is 5.91. The number of quaternary nitrogens is 1. The number of nitrogens with one attached hydrogen (secondary N) is 2. The average molecular weight is 365 g/mol. The largest absolute Gasteiger partial charge is 0.497 e. The molecule has 2 aromatic carbocycles. The van der Waals surface area contributed by atoms with Crippen LogP contribution < -0.4 is 15.0 Å². The summed E-state index contributed by atoms with van der Waals surface area (Å²) in [4.78, 5) is 13.7. The van der Waals surface area contributed by atoms with Crippen molar-refractivity contribution in [2.45, 2.75) is 32.4 Å². The predicted molar refractivity (Wildman–Crippen MR) is 109 cm³/mol. The molecular formula is C23H29N2O2+. The Bertz CT molecular complexity index is 745. The topological polar surface area (TPSA) is 42.8 Å². The molecular weight excluding hydrogens is 336 g/mol. The molecule has 27 heavy (non-hydrogen) atoms. The Morgan fingerprint density at radius 1 is 1.00 bits per heavy atom. The van der Waals surface area contributed by atoms with Crippen molar-refractivity contribution in [1.82, 2.24) is 5.32 Å². The number of carbonyl (C=O) groups excluding carboxylic acids is 1. The molecule has 1 amide bonds. The monoisotopic (exact) mass is 365 g/mol. The van der Waals surface area contributed by atoms with Gasteiger partial charge >= 0.3 is 0 Å². The molecule has 1 heterocycles. The van der Waals surface area contributed by atoms with Gasteiger partial charge in [0.05, 0.1) is 20.2 Å². The summed E-state index contributed by atoms with van der Waals surface area (Å²) in [6.07, 6.45) is 7.46. The average Bonchev–Trinajstić information content (AvgIpc) is 2.73. The zero-order valence-corrected chi connectivity index (χ0v) is 16.0. The molecule has 4 heteroatoms. The van der Waals surface area contributed by atoms with Gasteiger partial charge in [-0.2, -0.15) is 0 Å². The van der Waals surface area contributed by atoms with Crippen LogP contribution in [0.1, 0.15) is 36.0 Å². The van der Waals surface area contributed by atoms with Gasteiger partial charge in [0.2, 0.25) is 5.91 Å². The summed E-state index contributed by atoms with van der Waals surface area (Å²) in [6, 6.07) is 16.2. The zero-order chi connectivity index (χ0) is 18.9. The Morgan fingerprint density at radius 2 is 1.67 bits per heavy atom. The smallest absolute Gasteiger partial charge is 0.244 e. The molecule has 2 N–H and O–H groups in total. The molecule has 0 aromatic heterocycles. The summed E-state index contributed by atoms with van der Waals surface area (Å²) >= 11 is 0. The van der Waals surface area contributed by atoms with Crippen molar-refractivity contribution in [3.05, 3.63) is 71.3 Å². The maximum absolute atomic E-state index is 12.0. The number of likely N-dealkylation sites (tertiary alicyclic amines) is 1. The van der Waals surface area contributed by atoms with Gasteiger partial charge in [-0.1, -0.05) is 36.4 Å². The molecule has 0 unspecified atom stereocenters. The maximum Gasteiger partial charge on any atom is 0.244 e. The van der Waals surface area contributed by atoms with Crippen LogP contribution in [-0.2, 0) is 17.9 Å². The quantitative estimate of drug-likeness (QED) is 0.741. The first-order chi connectivity index (χ1) is 13.2. The van der Waals surface area contributed by atoms with Crippen LogP contribution in [0.5, 0.6) is 5.75 Å². The van der Waals surface area contributed by atoms with Gasteiger partial charge in [-0.05, 0) is 48.6 Å². The van der Waals surface area contributed by atoms with E-state index in [1.165, 1.54) is 37.9 Å². The maximum atomic E-state index is 12.0. The molecule has 0 spiro atoms. The molecule has 3 rings (SSSR count). The van der Waals surface area contributed by atoms with E-state index in [0.29, 0.717) is 6.54 Å². The highest BCUT2D eigenvalue weighted by Crippen LogP contribution is 2.12. The van der Waals surface area contributed by atoms with Crippen molar-refractivity contribution in [3.8, 4) is 5.75 Å². The first-order valence-electron chi connectivity index (χ1n) is 9.74. The van der Waals surface area contributed by atoms with Crippen LogP contribution in [0, 0.1) is 0 Å². The van der Waals surface area contributed by atoms with Gasteiger partial charge in [-0.15, -0.1) is 0 Å². The van der Waals surface area contributed by atoms with E-state index in [-0.39, 0.29) is 5.91 Å². The Hall–Kier alpha value is -2.59. The van der Waals surface area contributed by atoms with Crippen LogP contribution in [-0.4, -0.2) is 26.1 Å². The first kappa shape index (κ1) is 19.2. The highest BCUT2D eigenvalue weighted by atomic mass is 16.5. The standard InChI is InChI=1S/C23H28N2O2/c1-27-22-12-9-19(10-13-22)11-14-23(26)24-17-20-5-7-21(8-6-20)18-25-15-3-2-4-16-25/h5-14H,2-4,15-18H2,1H3,(H,24,26)/p+1/b14-11+. The molecule has 2 aromatic rings. The Kier molecular flexibility index (Phi) is 7.05. The molecule has 0 aliphatic carbocycles. The van der Waals surface area contributed by atoms with Crippen molar-refractivity contribution < 1.29 is 14.4 Å². The number of piperidine rings is 1. The predicted octanol–water partition coefficient (Wildman–Crippen LogP) is 2.59. The van der Waals surface area contributed by atoms with E-state index in [4.69, 9.17) is 4.74 Å². The molecule has 1 aliphatic rings. The van der Waals surface area contributed by atoms with Crippen molar-refractivity contribution in [2.24, 2.45) is 0 Å². The SMILES string of the molecule is COc1ccc(/C=C/C(=O)NCc2ccc(C[NH+]3CCCCC3)cc2)cc1. The second-order valence-electron chi connectivity index (χ2n) is 7.13. The van der Waals surface area contributed by atoms with Crippen LogP contribution >= 0.6 is 0 Å². The van der Waals surface area contributed by atoms with Crippen LogP contribution in [0.15, 0.2) is 54.6 Å².